The summed E-state index contributed by atoms with van der Waals surface area (Å²) in [5.74, 6) is 0.122. The maximum atomic E-state index is 12.7. The lowest BCUT2D eigenvalue weighted by atomic mass is 10.1. The third-order valence-electron chi connectivity index (χ3n) is 5.82. The molecule has 2 aromatic rings. The molecule has 1 amide bonds. The summed E-state index contributed by atoms with van der Waals surface area (Å²) in [6.07, 6.45) is 1.69. The van der Waals surface area contributed by atoms with E-state index in [-0.39, 0.29) is 23.7 Å². The van der Waals surface area contributed by atoms with Crippen molar-refractivity contribution in [1.29, 1.82) is 0 Å². The van der Waals surface area contributed by atoms with Crippen molar-refractivity contribution in [2.45, 2.75) is 44.0 Å². The van der Waals surface area contributed by atoms with E-state index in [0.717, 1.165) is 43.8 Å². The van der Waals surface area contributed by atoms with Crippen LogP contribution in [0, 0.1) is 0 Å². The average molecular weight is 449 g/mol. The lowest BCUT2D eigenvalue weighted by molar-refractivity contribution is -0.137. The van der Waals surface area contributed by atoms with Crippen molar-refractivity contribution >= 4 is 11.6 Å². The van der Waals surface area contributed by atoms with Crippen LogP contribution in [-0.4, -0.2) is 54.2 Å². The van der Waals surface area contributed by atoms with Gasteiger partial charge in [0.15, 0.2) is 0 Å². The minimum absolute atomic E-state index is 0.0654. The zero-order chi connectivity index (χ0) is 22.6. The summed E-state index contributed by atoms with van der Waals surface area (Å²) in [6.45, 7) is 3.11. The number of ether oxygens (including phenoxy) is 1. The van der Waals surface area contributed by atoms with E-state index in [0.29, 0.717) is 31.8 Å². The number of alkyl halides is 3. The highest BCUT2D eigenvalue weighted by Gasteiger charge is 2.30. The standard InChI is InChI=1S/C22H26F3N5O2/c23-22(24,25)15-1-3-17(4-2-15)30-11-7-18(8-12-30)32-20-14-27-19(13-28-20)21(31)29-16-5-9-26-10-6-16/h1-4,13-14,16,18,26H,5-12H2,(H,29,31). The molecule has 0 spiro atoms. The second-order valence-corrected chi connectivity index (χ2v) is 8.09. The van der Waals surface area contributed by atoms with Crippen LogP contribution in [0.25, 0.3) is 0 Å². The highest BCUT2D eigenvalue weighted by molar-refractivity contribution is 5.92. The first-order chi connectivity index (χ1) is 15.4. The van der Waals surface area contributed by atoms with Crippen LogP contribution in [0.1, 0.15) is 41.7 Å². The Hall–Kier alpha value is -2.88. The second kappa shape index (κ2) is 9.72. The normalized spacial score (nSPS) is 18.4. The molecule has 0 unspecified atom stereocenters. The summed E-state index contributed by atoms with van der Waals surface area (Å²) in [7, 11) is 0. The van der Waals surface area contributed by atoms with Crippen molar-refractivity contribution in [1.82, 2.24) is 20.6 Å². The lowest BCUT2D eigenvalue weighted by Crippen LogP contribution is -2.43. The Morgan fingerprint density at radius 2 is 1.72 bits per heavy atom. The van der Waals surface area contributed by atoms with Crippen LogP contribution in [0.3, 0.4) is 0 Å². The Morgan fingerprint density at radius 3 is 2.31 bits per heavy atom. The fourth-order valence-electron chi connectivity index (χ4n) is 3.98. The molecule has 0 saturated carbocycles. The highest BCUT2D eigenvalue weighted by Crippen LogP contribution is 2.31. The van der Waals surface area contributed by atoms with Crippen LogP contribution < -0.4 is 20.3 Å². The van der Waals surface area contributed by atoms with Gasteiger partial charge in [0.25, 0.3) is 5.91 Å². The summed E-state index contributed by atoms with van der Waals surface area (Å²) >= 11 is 0. The van der Waals surface area contributed by atoms with Gasteiger partial charge < -0.3 is 20.3 Å². The molecule has 172 valence electrons. The summed E-state index contributed by atoms with van der Waals surface area (Å²) in [5.41, 5.74) is 0.374. The molecule has 0 radical (unpaired) electrons. The van der Waals surface area contributed by atoms with E-state index < -0.39 is 11.7 Å². The topological polar surface area (TPSA) is 79.4 Å². The fraction of sp³-hybridized carbons (Fsp3) is 0.500. The number of hydrogen-bond donors (Lipinski definition) is 2. The molecular formula is C22H26F3N5O2. The molecule has 0 aliphatic carbocycles. The summed E-state index contributed by atoms with van der Waals surface area (Å²) < 4.78 is 44.1. The van der Waals surface area contributed by atoms with Gasteiger partial charge in [0.05, 0.1) is 18.0 Å². The number of anilines is 1. The number of benzene rings is 1. The SMILES string of the molecule is O=C(NC1CCNCC1)c1cnc(OC2CCN(c3ccc(C(F)(F)F)cc3)CC2)cn1. The van der Waals surface area contributed by atoms with Crippen molar-refractivity contribution in [3.05, 3.63) is 47.9 Å². The van der Waals surface area contributed by atoms with Crippen molar-refractivity contribution < 1.29 is 22.7 Å². The molecule has 32 heavy (non-hydrogen) atoms. The number of amides is 1. The third kappa shape index (κ3) is 5.67. The van der Waals surface area contributed by atoms with E-state index in [9.17, 15) is 18.0 Å². The predicted octanol–water partition coefficient (Wildman–Crippen LogP) is 3.03. The van der Waals surface area contributed by atoms with Gasteiger partial charge in [-0.05, 0) is 50.2 Å². The summed E-state index contributed by atoms with van der Waals surface area (Å²) in [6, 6.07) is 5.37. The van der Waals surface area contributed by atoms with Crippen molar-refractivity contribution in [2.24, 2.45) is 0 Å². The largest absolute Gasteiger partial charge is 0.473 e. The molecule has 0 atom stereocenters. The molecule has 2 saturated heterocycles. The molecule has 2 aliphatic rings. The number of carbonyl (C=O) groups is 1. The number of rotatable bonds is 5. The maximum absolute atomic E-state index is 12.7. The lowest BCUT2D eigenvalue weighted by Gasteiger charge is -2.33. The Balaban J connectivity index is 1.25. The van der Waals surface area contributed by atoms with Crippen molar-refractivity contribution in [2.75, 3.05) is 31.1 Å². The van der Waals surface area contributed by atoms with E-state index in [1.54, 1.807) is 0 Å². The van der Waals surface area contributed by atoms with E-state index in [4.69, 9.17) is 4.74 Å². The monoisotopic (exact) mass is 449 g/mol. The molecule has 2 N–H and O–H groups in total. The zero-order valence-corrected chi connectivity index (χ0v) is 17.6. The smallest absolute Gasteiger partial charge is 0.416 e. The first kappa shape index (κ1) is 22.3. The molecule has 4 rings (SSSR count). The molecule has 3 heterocycles. The van der Waals surface area contributed by atoms with Crippen LogP contribution >= 0.6 is 0 Å². The van der Waals surface area contributed by atoms with Crippen LogP contribution in [0.4, 0.5) is 18.9 Å². The summed E-state index contributed by atoms with van der Waals surface area (Å²) in [5, 5.41) is 6.23. The number of nitrogens with one attached hydrogen (secondary N) is 2. The van der Waals surface area contributed by atoms with E-state index in [1.807, 2.05) is 4.90 Å². The predicted molar refractivity (Wildman–Crippen MR) is 113 cm³/mol. The molecule has 10 heteroatoms. The Morgan fingerprint density at radius 1 is 1.03 bits per heavy atom. The first-order valence-corrected chi connectivity index (χ1v) is 10.8. The Bertz CT molecular complexity index is 891. The van der Waals surface area contributed by atoms with Gasteiger partial charge in [-0.15, -0.1) is 0 Å². The van der Waals surface area contributed by atoms with Crippen LogP contribution in [0.2, 0.25) is 0 Å². The number of aromatic nitrogens is 2. The second-order valence-electron chi connectivity index (χ2n) is 8.09. The van der Waals surface area contributed by atoms with Gasteiger partial charge in [0.2, 0.25) is 5.88 Å². The number of hydrogen-bond acceptors (Lipinski definition) is 6. The van der Waals surface area contributed by atoms with Crippen LogP contribution in [0.15, 0.2) is 36.7 Å². The first-order valence-electron chi connectivity index (χ1n) is 10.8. The van der Waals surface area contributed by atoms with Gasteiger partial charge in [0.1, 0.15) is 11.8 Å². The van der Waals surface area contributed by atoms with E-state index in [1.165, 1.54) is 24.5 Å². The molecule has 0 bridgehead atoms. The quantitative estimate of drug-likeness (QED) is 0.731. The van der Waals surface area contributed by atoms with Crippen LogP contribution in [0.5, 0.6) is 5.88 Å². The molecule has 2 aliphatic heterocycles. The van der Waals surface area contributed by atoms with Crippen molar-refractivity contribution in [3.8, 4) is 5.88 Å². The number of nitrogens with zero attached hydrogens (tertiary/aromatic N) is 3. The zero-order valence-electron chi connectivity index (χ0n) is 17.6. The maximum Gasteiger partial charge on any atom is 0.416 e. The van der Waals surface area contributed by atoms with Crippen LogP contribution in [-0.2, 0) is 6.18 Å². The highest BCUT2D eigenvalue weighted by atomic mass is 19.4. The van der Waals surface area contributed by atoms with E-state index in [2.05, 4.69) is 20.6 Å². The molecule has 1 aromatic carbocycles. The minimum atomic E-state index is -4.33. The molecular weight excluding hydrogens is 423 g/mol. The Labute approximate surface area is 184 Å². The fourth-order valence-corrected chi connectivity index (χ4v) is 3.98. The van der Waals surface area contributed by atoms with Gasteiger partial charge >= 0.3 is 6.18 Å². The van der Waals surface area contributed by atoms with Gasteiger partial charge in [-0.3, -0.25) is 4.79 Å². The van der Waals surface area contributed by atoms with Gasteiger partial charge in [-0.2, -0.15) is 13.2 Å². The van der Waals surface area contributed by atoms with Gasteiger partial charge in [-0.25, -0.2) is 9.97 Å². The van der Waals surface area contributed by atoms with Gasteiger partial charge in [-0.1, -0.05) is 0 Å². The number of piperidine rings is 2. The average Bonchev–Trinajstić information content (AvgIpc) is 2.80. The molecule has 2 fully saturated rings. The van der Waals surface area contributed by atoms with E-state index >= 15 is 0 Å². The van der Waals surface area contributed by atoms with Gasteiger partial charge in [0, 0.05) is 37.7 Å². The Kier molecular flexibility index (Phi) is 6.78. The van der Waals surface area contributed by atoms with Crippen molar-refractivity contribution in [3.63, 3.8) is 0 Å². The number of carbonyl (C=O) groups excluding carboxylic acids is 1. The summed E-state index contributed by atoms with van der Waals surface area (Å²) in [4.78, 5) is 22.8. The molecule has 1 aromatic heterocycles. The molecule has 7 nitrogen and oxygen atoms in total. The number of halogens is 3. The third-order valence-corrected chi connectivity index (χ3v) is 5.82. The minimum Gasteiger partial charge on any atom is -0.473 e.